The molecule has 2 rings (SSSR count). The molecule has 1 aliphatic heterocycles. The fourth-order valence-corrected chi connectivity index (χ4v) is 3.89. The molecule has 0 unspecified atom stereocenters. The van der Waals surface area contributed by atoms with Crippen molar-refractivity contribution in [2.24, 2.45) is 0 Å². The summed E-state index contributed by atoms with van der Waals surface area (Å²) in [4.78, 5) is 13.5. The van der Waals surface area contributed by atoms with Gasteiger partial charge in [0, 0.05) is 26.2 Å². The van der Waals surface area contributed by atoms with Crippen LogP contribution in [0, 0.1) is 25.2 Å². The molecule has 1 aromatic rings. The van der Waals surface area contributed by atoms with Crippen molar-refractivity contribution in [1.29, 1.82) is 5.26 Å². The van der Waals surface area contributed by atoms with Gasteiger partial charge in [0.05, 0.1) is 11.0 Å². The molecule has 22 heavy (non-hydrogen) atoms. The molecule has 0 atom stereocenters. The predicted molar refractivity (Wildman–Crippen MR) is 81.5 cm³/mol. The van der Waals surface area contributed by atoms with E-state index in [9.17, 15) is 13.2 Å². The Hall–Kier alpha value is -1.91. The lowest BCUT2D eigenvalue weighted by molar-refractivity contribution is -0.131. The summed E-state index contributed by atoms with van der Waals surface area (Å²) >= 11 is 0. The highest BCUT2D eigenvalue weighted by atomic mass is 32.2. The van der Waals surface area contributed by atoms with Gasteiger partial charge in [-0.05, 0) is 37.1 Å². The van der Waals surface area contributed by atoms with Gasteiger partial charge < -0.3 is 4.90 Å². The summed E-state index contributed by atoms with van der Waals surface area (Å²) < 4.78 is 26.6. The van der Waals surface area contributed by atoms with Gasteiger partial charge in [-0.25, -0.2) is 8.42 Å². The Bertz CT molecular complexity index is 714. The zero-order valence-corrected chi connectivity index (χ0v) is 13.6. The molecular weight excluding hydrogens is 302 g/mol. The van der Waals surface area contributed by atoms with Gasteiger partial charge in [0.15, 0.2) is 0 Å². The maximum atomic E-state index is 12.6. The highest BCUT2D eigenvalue weighted by molar-refractivity contribution is 7.89. The summed E-state index contributed by atoms with van der Waals surface area (Å²) in [6.07, 6.45) is -0.163. The summed E-state index contributed by atoms with van der Waals surface area (Å²) in [5, 5.41) is 8.54. The number of carbonyl (C=O) groups excluding carboxylic acids is 1. The molecule has 0 aromatic heterocycles. The van der Waals surface area contributed by atoms with Crippen molar-refractivity contribution in [2.45, 2.75) is 25.2 Å². The number of carbonyl (C=O) groups is 1. The van der Waals surface area contributed by atoms with Crippen LogP contribution in [0.3, 0.4) is 0 Å². The van der Waals surface area contributed by atoms with E-state index < -0.39 is 10.0 Å². The van der Waals surface area contributed by atoms with Gasteiger partial charge in [-0.1, -0.05) is 6.07 Å². The van der Waals surface area contributed by atoms with Gasteiger partial charge >= 0.3 is 0 Å². The number of sulfonamides is 1. The van der Waals surface area contributed by atoms with Crippen LogP contribution in [-0.4, -0.2) is 49.7 Å². The number of nitriles is 1. The normalized spacial score (nSPS) is 16.3. The quantitative estimate of drug-likeness (QED) is 0.833. The van der Waals surface area contributed by atoms with Crippen molar-refractivity contribution in [3.63, 3.8) is 0 Å². The van der Waals surface area contributed by atoms with E-state index in [1.807, 2.05) is 19.9 Å². The zero-order valence-electron chi connectivity index (χ0n) is 12.7. The zero-order chi connectivity index (χ0) is 16.3. The molecule has 0 saturated carbocycles. The molecule has 1 amide bonds. The molecule has 1 saturated heterocycles. The number of piperazine rings is 1. The molecule has 0 aliphatic carbocycles. The minimum atomic E-state index is -3.53. The fraction of sp³-hybridized carbons (Fsp3) is 0.467. The number of nitrogens with zero attached hydrogens (tertiary/aromatic N) is 3. The number of amides is 1. The maximum absolute atomic E-state index is 12.6. The third kappa shape index (κ3) is 3.29. The Morgan fingerprint density at radius 2 is 1.82 bits per heavy atom. The minimum Gasteiger partial charge on any atom is -0.339 e. The standard InChI is InChI=1S/C15H19N3O3S/c1-12-3-4-14(11-13(12)2)22(20,21)18-9-7-17(8-10-18)15(19)5-6-16/h3-4,11H,5,7-10H2,1-2H3. The molecule has 1 fully saturated rings. The highest BCUT2D eigenvalue weighted by Crippen LogP contribution is 2.20. The first kappa shape index (κ1) is 16.5. The second kappa shape index (κ2) is 6.46. The Labute approximate surface area is 131 Å². The molecule has 1 heterocycles. The van der Waals surface area contributed by atoms with E-state index in [2.05, 4.69) is 0 Å². The van der Waals surface area contributed by atoms with Crippen LogP contribution in [0.1, 0.15) is 17.5 Å². The van der Waals surface area contributed by atoms with E-state index in [0.29, 0.717) is 13.1 Å². The third-order valence-corrected chi connectivity index (χ3v) is 5.83. The number of rotatable bonds is 3. The van der Waals surface area contributed by atoms with Gasteiger partial charge in [-0.2, -0.15) is 9.57 Å². The van der Waals surface area contributed by atoms with Crippen molar-refractivity contribution in [3.8, 4) is 6.07 Å². The van der Waals surface area contributed by atoms with Crippen LogP contribution >= 0.6 is 0 Å². The van der Waals surface area contributed by atoms with Crippen molar-refractivity contribution >= 4 is 15.9 Å². The van der Waals surface area contributed by atoms with Gasteiger partial charge in [-0.3, -0.25) is 4.79 Å². The van der Waals surface area contributed by atoms with Crippen LogP contribution in [0.5, 0.6) is 0 Å². The lowest BCUT2D eigenvalue weighted by Crippen LogP contribution is -2.50. The van der Waals surface area contributed by atoms with Gasteiger partial charge in [0.2, 0.25) is 15.9 Å². The smallest absolute Gasteiger partial charge is 0.243 e. The summed E-state index contributed by atoms with van der Waals surface area (Å²) in [5.41, 5.74) is 1.98. The number of aryl methyl sites for hydroxylation is 2. The second-order valence-electron chi connectivity index (χ2n) is 5.37. The van der Waals surface area contributed by atoms with E-state index in [1.54, 1.807) is 18.2 Å². The van der Waals surface area contributed by atoms with Crippen molar-refractivity contribution in [3.05, 3.63) is 29.3 Å². The highest BCUT2D eigenvalue weighted by Gasteiger charge is 2.30. The lowest BCUT2D eigenvalue weighted by atomic mass is 10.1. The van der Waals surface area contributed by atoms with Crippen molar-refractivity contribution < 1.29 is 13.2 Å². The largest absolute Gasteiger partial charge is 0.339 e. The molecule has 0 radical (unpaired) electrons. The molecule has 118 valence electrons. The van der Waals surface area contributed by atoms with Crippen LogP contribution in [0.15, 0.2) is 23.1 Å². The first-order chi connectivity index (χ1) is 10.4. The summed E-state index contributed by atoms with van der Waals surface area (Å²) in [6.45, 7) is 4.98. The first-order valence-corrected chi connectivity index (χ1v) is 8.52. The molecule has 1 aliphatic rings. The van der Waals surface area contributed by atoms with E-state index >= 15 is 0 Å². The topological polar surface area (TPSA) is 81.5 Å². The second-order valence-corrected chi connectivity index (χ2v) is 7.30. The van der Waals surface area contributed by atoms with E-state index in [0.717, 1.165) is 11.1 Å². The van der Waals surface area contributed by atoms with Crippen LogP contribution in [0.4, 0.5) is 0 Å². The van der Waals surface area contributed by atoms with Crippen LogP contribution in [0.2, 0.25) is 0 Å². The Morgan fingerprint density at radius 3 is 2.36 bits per heavy atom. The molecule has 7 heteroatoms. The lowest BCUT2D eigenvalue weighted by Gasteiger charge is -2.33. The van der Waals surface area contributed by atoms with E-state index in [-0.39, 0.29) is 30.3 Å². The monoisotopic (exact) mass is 321 g/mol. The summed E-state index contributed by atoms with van der Waals surface area (Å²) in [5.74, 6) is -0.245. The van der Waals surface area contributed by atoms with Crippen molar-refractivity contribution in [1.82, 2.24) is 9.21 Å². The molecule has 6 nitrogen and oxygen atoms in total. The van der Waals surface area contributed by atoms with Crippen molar-refractivity contribution in [2.75, 3.05) is 26.2 Å². The minimum absolute atomic E-state index is 0.163. The fourth-order valence-electron chi connectivity index (χ4n) is 2.38. The Kier molecular flexibility index (Phi) is 4.84. The van der Waals surface area contributed by atoms with Gasteiger partial charge in [0.25, 0.3) is 0 Å². The molecule has 1 aromatic carbocycles. The maximum Gasteiger partial charge on any atom is 0.243 e. The van der Waals surface area contributed by atoms with Crippen LogP contribution in [0.25, 0.3) is 0 Å². The van der Waals surface area contributed by atoms with E-state index in [1.165, 1.54) is 9.21 Å². The third-order valence-electron chi connectivity index (χ3n) is 3.94. The molecule has 0 spiro atoms. The summed E-state index contributed by atoms with van der Waals surface area (Å²) in [7, 11) is -3.53. The molecular formula is C15H19N3O3S. The number of hydrogen-bond acceptors (Lipinski definition) is 4. The SMILES string of the molecule is Cc1ccc(S(=O)(=O)N2CCN(C(=O)CC#N)CC2)cc1C. The molecule has 0 N–H and O–H groups in total. The first-order valence-electron chi connectivity index (χ1n) is 7.08. The predicted octanol–water partition coefficient (Wildman–Crippen LogP) is 1.05. The summed E-state index contributed by atoms with van der Waals surface area (Å²) in [6, 6.07) is 6.92. The van der Waals surface area contributed by atoms with Gasteiger partial charge in [0.1, 0.15) is 6.42 Å². The van der Waals surface area contributed by atoms with Crippen LogP contribution in [-0.2, 0) is 14.8 Å². The molecule has 0 bridgehead atoms. The van der Waals surface area contributed by atoms with Gasteiger partial charge in [-0.15, -0.1) is 0 Å². The average molecular weight is 321 g/mol. The van der Waals surface area contributed by atoms with E-state index in [4.69, 9.17) is 5.26 Å². The van der Waals surface area contributed by atoms with Crippen LogP contribution < -0.4 is 0 Å². The average Bonchev–Trinajstić information content (AvgIpc) is 2.50. The Balaban J connectivity index is 2.11. The Morgan fingerprint density at radius 1 is 1.18 bits per heavy atom. The number of benzene rings is 1. The number of hydrogen-bond donors (Lipinski definition) is 0.